The highest BCUT2D eigenvalue weighted by Crippen LogP contribution is 2.15. The van der Waals surface area contributed by atoms with Crippen molar-refractivity contribution in [2.75, 3.05) is 19.7 Å². The first-order valence-corrected chi connectivity index (χ1v) is 11.2. The lowest BCUT2D eigenvalue weighted by atomic mass is 10.0. The second-order valence-corrected chi connectivity index (χ2v) is 8.27. The Hall–Kier alpha value is -2.76. The number of piperidine rings is 1. The standard InChI is InChI=1S/C26H31N3O2/c30-25-14-17-29(18-15-25)20-23-8-6-22(7-9-23)10-11-24-12-13-26(28-27-24)31-19-16-21-4-2-1-3-5-21/h1-9,12-13,25,30H,10-11,14-20H2. The molecule has 5 nitrogen and oxygen atoms in total. The van der Waals surface area contributed by atoms with Crippen molar-refractivity contribution < 1.29 is 9.84 Å². The molecule has 0 bridgehead atoms. The zero-order valence-corrected chi connectivity index (χ0v) is 18.0. The van der Waals surface area contributed by atoms with Gasteiger partial charge in [0.15, 0.2) is 0 Å². The van der Waals surface area contributed by atoms with Crippen LogP contribution in [-0.4, -0.2) is 46.0 Å². The van der Waals surface area contributed by atoms with E-state index < -0.39 is 0 Å². The molecule has 0 saturated carbocycles. The Morgan fingerprint density at radius 3 is 2.19 bits per heavy atom. The monoisotopic (exact) mass is 417 g/mol. The molecule has 0 spiro atoms. The number of hydrogen-bond donors (Lipinski definition) is 1. The third kappa shape index (κ3) is 6.88. The first-order chi connectivity index (χ1) is 15.2. The Bertz CT molecular complexity index is 906. The Kier molecular flexibility index (Phi) is 7.64. The van der Waals surface area contributed by atoms with E-state index in [0.29, 0.717) is 12.5 Å². The van der Waals surface area contributed by atoms with E-state index in [-0.39, 0.29) is 6.10 Å². The van der Waals surface area contributed by atoms with Crippen LogP contribution in [0.4, 0.5) is 0 Å². The lowest BCUT2D eigenvalue weighted by Gasteiger charge is -2.29. The molecule has 2 heterocycles. The number of nitrogens with zero attached hydrogens (tertiary/aromatic N) is 3. The van der Waals surface area contributed by atoms with Gasteiger partial charge in [-0.05, 0) is 48.4 Å². The summed E-state index contributed by atoms with van der Waals surface area (Å²) in [5.74, 6) is 0.578. The molecule has 0 unspecified atom stereocenters. The third-order valence-electron chi connectivity index (χ3n) is 5.83. The number of aromatic nitrogens is 2. The first kappa shape index (κ1) is 21.5. The van der Waals surface area contributed by atoms with Gasteiger partial charge >= 0.3 is 0 Å². The summed E-state index contributed by atoms with van der Waals surface area (Å²) in [5.41, 5.74) is 4.87. The van der Waals surface area contributed by atoms with Gasteiger partial charge in [-0.1, -0.05) is 54.6 Å². The molecule has 1 aliphatic heterocycles. The fourth-order valence-electron chi connectivity index (χ4n) is 3.90. The van der Waals surface area contributed by atoms with Crippen LogP contribution in [0.1, 0.15) is 35.2 Å². The van der Waals surface area contributed by atoms with Crippen molar-refractivity contribution >= 4 is 0 Å². The minimum Gasteiger partial charge on any atom is -0.476 e. The highest BCUT2D eigenvalue weighted by molar-refractivity contribution is 5.24. The topological polar surface area (TPSA) is 58.5 Å². The van der Waals surface area contributed by atoms with E-state index in [1.807, 2.05) is 30.3 Å². The highest BCUT2D eigenvalue weighted by atomic mass is 16.5. The fraction of sp³-hybridized carbons (Fsp3) is 0.385. The number of benzene rings is 2. The van der Waals surface area contributed by atoms with Crippen molar-refractivity contribution in [3.63, 3.8) is 0 Å². The number of aliphatic hydroxyl groups excluding tert-OH is 1. The van der Waals surface area contributed by atoms with Gasteiger partial charge in [-0.2, -0.15) is 5.10 Å². The number of hydrogen-bond acceptors (Lipinski definition) is 5. The van der Waals surface area contributed by atoms with Crippen LogP contribution in [0.5, 0.6) is 5.88 Å². The van der Waals surface area contributed by atoms with Crippen LogP contribution in [0.2, 0.25) is 0 Å². The Labute approximate surface area is 184 Å². The van der Waals surface area contributed by atoms with Crippen molar-refractivity contribution in [2.24, 2.45) is 0 Å². The lowest BCUT2D eigenvalue weighted by molar-refractivity contribution is 0.0792. The van der Waals surface area contributed by atoms with Crippen molar-refractivity contribution in [1.82, 2.24) is 15.1 Å². The minimum atomic E-state index is -0.114. The molecule has 0 aliphatic carbocycles. The van der Waals surface area contributed by atoms with E-state index in [1.54, 1.807) is 0 Å². The van der Waals surface area contributed by atoms with Gasteiger partial charge in [0.2, 0.25) is 5.88 Å². The fourth-order valence-corrected chi connectivity index (χ4v) is 3.90. The summed E-state index contributed by atoms with van der Waals surface area (Å²) in [4.78, 5) is 2.42. The van der Waals surface area contributed by atoms with E-state index in [0.717, 1.165) is 57.4 Å². The van der Waals surface area contributed by atoms with Gasteiger partial charge in [-0.15, -0.1) is 5.10 Å². The molecule has 1 aromatic heterocycles. The normalized spacial score (nSPS) is 15.1. The van der Waals surface area contributed by atoms with E-state index in [9.17, 15) is 5.11 Å². The predicted molar refractivity (Wildman–Crippen MR) is 122 cm³/mol. The van der Waals surface area contributed by atoms with E-state index in [1.165, 1.54) is 16.7 Å². The summed E-state index contributed by atoms with van der Waals surface area (Å²) in [6.07, 6.45) is 4.32. The van der Waals surface area contributed by atoms with Gasteiger partial charge < -0.3 is 9.84 Å². The van der Waals surface area contributed by atoms with Gasteiger partial charge in [-0.25, -0.2) is 0 Å². The van der Waals surface area contributed by atoms with Crippen LogP contribution in [0.25, 0.3) is 0 Å². The third-order valence-corrected chi connectivity index (χ3v) is 5.83. The molecule has 162 valence electrons. The molecule has 5 heteroatoms. The molecule has 1 aliphatic rings. The quantitative estimate of drug-likeness (QED) is 0.573. The molecule has 2 aromatic carbocycles. The minimum absolute atomic E-state index is 0.114. The SMILES string of the molecule is OC1CCN(Cc2ccc(CCc3ccc(OCCc4ccccc4)nn3)cc2)CC1. The zero-order chi connectivity index (χ0) is 21.3. The summed E-state index contributed by atoms with van der Waals surface area (Å²) in [6, 6.07) is 23.1. The summed E-state index contributed by atoms with van der Waals surface area (Å²) in [5, 5.41) is 18.2. The average molecular weight is 418 g/mol. The predicted octanol–water partition coefficient (Wildman–Crippen LogP) is 3.84. The molecule has 1 saturated heterocycles. The maximum Gasteiger partial charge on any atom is 0.233 e. The number of aryl methyl sites for hydroxylation is 2. The van der Waals surface area contributed by atoms with Crippen LogP contribution in [-0.2, 0) is 25.8 Å². The second-order valence-electron chi connectivity index (χ2n) is 8.27. The van der Waals surface area contributed by atoms with Gasteiger partial charge in [0, 0.05) is 32.1 Å². The molecule has 1 N–H and O–H groups in total. The summed E-state index contributed by atoms with van der Waals surface area (Å²) < 4.78 is 5.72. The van der Waals surface area contributed by atoms with Crippen molar-refractivity contribution in [3.8, 4) is 5.88 Å². The van der Waals surface area contributed by atoms with E-state index in [2.05, 4.69) is 51.5 Å². The van der Waals surface area contributed by atoms with Crippen molar-refractivity contribution in [3.05, 3.63) is 89.1 Å². The van der Waals surface area contributed by atoms with Crippen LogP contribution >= 0.6 is 0 Å². The lowest BCUT2D eigenvalue weighted by Crippen LogP contribution is -2.35. The highest BCUT2D eigenvalue weighted by Gasteiger charge is 2.16. The Balaban J connectivity index is 1.19. The van der Waals surface area contributed by atoms with Crippen LogP contribution in [0.3, 0.4) is 0 Å². The van der Waals surface area contributed by atoms with Crippen molar-refractivity contribution in [2.45, 2.75) is 44.8 Å². The maximum absolute atomic E-state index is 9.64. The van der Waals surface area contributed by atoms with E-state index in [4.69, 9.17) is 4.74 Å². The van der Waals surface area contributed by atoms with E-state index >= 15 is 0 Å². The van der Waals surface area contributed by atoms with Crippen molar-refractivity contribution in [1.29, 1.82) is 0 Å². The molecule has 0 radical (unpaired) electrons. The molecule has 3 aromatic rings. The molecule has 0 atom stereocenters. The number of likely N-dealkylation sites (tertiary alicyclic amines) is 1. The largest absolute Gasteiger partial charge is 0.476 e. The zero-order valence-electron chi connectivity index (χ0n) is 18.0. The molecule has 31 heavy (non-hydrogen) atoms. The average Bonchev–Trinajstić information content (AvgIpc) is 2.82. The molecular formula is C26H31N3O2. The van der Waals surface area contributed by atoms with Gasteiger partial charge in [0.25, 0.3) is 0 Å². The first-order valence-electron chi connectivity index (χ1n) is 11.2. The maximum atomic E-state index is 9.64. The number of ether oxygens (including phenoxy) is 1. The summed E-state index contributed by atoms with van der Waals surface area (Å²) in [7, 11) is 0. The molecule has 1 fully saturated rings. The van der Waals surface area contributed by atoms with Crippen LogP contribution < -0.4 is 4.74 Å². The van der Waals surface area contributed by atoms with Gasteiger partial charge in [0.1, 0.15) is 0 Å². The smallest absolute Gasteiger partial charge is 0.233 e. The Morgan fingerprint density at radius 1 is 0.774 bits per heavy atom. The Morgan fingerprint density at radius 2 is 1.48 bits per heavy atom. The number of aliphatic hydroxyl groups is 1. The summed E-state index contributed by atoms with van der Waals surface area (Å²) >= 11 is 0. The second kappa shape index (κ2) is 11.0. The van der Waals surface area contributed by atoms with Crippen LogP contribution in [0.15, 0.2) is 66.7 Å². The molecular weight excluding hydrogens is 386 g/mol. The molecule has 0 amide bonds. The molecule has 4 rings (SSSR count). The number of rotatable bonds is 9. The van der Waals surface area contributed by atoms with Gasteiger partial charge in [-0.3, -0.25) is 4.90 Å². The van der Waals surface area contributed by atoms with Gasteiger partial charge in [0.05, 0.1) is 18.4 Å². The van der Waals surface area contributed by atoms with Crippen LogP contribution in [0, 0.1) is 0 Å². The summed E-state index contributed by atoms with van der Waals surface area (Å²) in [6.45, 7) is 3.52.